The van der Waals surface area contributed by atoms with Crippen molar-refractivity contribution >= 4 is 11.8 Å². The van der Waals surface area contributed by atoms with Crippen LogP contribution in [-0.2, 0) is 19.1 Å². The minimum Gasteiger partial charge on any atom is -0.498 e. The Morgan fingerprint density at radius 2 is 1.64 bits per heavy atom. The molecule has 0 radical (unpaired) electrons. The van der Waals surface area contributed by atoms with Crippen molar-refractivity contribution in [3.05, 3.63) is 11.8 Å². The maximum Gasteiger partial charge on any atom is 0.379 e. The van der Waals surface area contributed by atoms with E-state index in [0.717, 1.165) is 0 Å². The number of esters is 1. The van der Waals surface area contributed by atoms with Crippen LogP contribution in [0, 0.1) is 0 Å². The predicted molar refractivity (Wildman–Crippen MR) is 51.6 cm³/mol. The standard InChI is InChI=1S/C10H16O4/c1-4-8(13-5-2)7-9(11)10(12)14-6-3/h7H,4-6H2,1-3H3. The van der Waals surface area contributed by atoms with Crippen LogP contribution in [-0.4, -0.2) is 25.0 Å². The summed E-state index contributed by atoms with van der Waals surface area (Å²) in [5.41, 5.74) is 0. The summed E-state index contributed by atoms with van der Waals surface area (Å²) in [4.78, 5) is 22.1. The first-order valence-corrected chi connectivity index (χ1v) is 4.70. The molecule has 0 aliphatic heterocycles. The quantitative estimate of drug-likeness (QED) is 0.282. The smallest absolute Gasteiger partial charge is 0.379 e. The van der Waals surface area contributed by atoms with Crippen molar-refractivity contribution in [3.63, 3.8) is 0 Å². The van der Waals surface area contributed by atoms with Crippen LogP contribution in [0.4, 0.5) is 0 Å². The number of allylic oxidation sites excluding steroid dienone is 1. The molecule has 0 aromatic heterocycles. The molecule has 0 aromatic rings. The maximum atomic E-state index is 11.1. The third-order valence-electron chi connectivity index (χ3n) is 1.45. The van der Waals surface area contributed by atoms with Gasteiger partial charge in [-0.2, -0.15) is 0 Å². The molecule has 0 spiro atoms. The van der Waals surface area contributed by atoms with Crippen molar-refractivity contribution in [2.75, 3.05) is 13.2 Å². The lowest BCUT2D eigenvalue weighted by Gasteiger charge is -2.04. The van der Waals surface area contributed by atoms with Gasteiger partial charge in [0.25, 0.3) is 5.78 Å². The van der Waals surface area contributed by atoms with Crippen LogP contribution in [0.2, 0.25) is 0 Å². The number of hydrogen-bond acceptors (Lipinski definition) is 4. The minimum absolute atomic E-state index is 0.203. The molecule has 0 rings (SSSR count). The van der Waals surface area contributed by atoms with E-state index in [0.29, 0.717) is 18.8 Å². The molecular formula is C10H16O4. The lowest BCUT2D eigenvalue weighted by molar-refractivity contribution is -0.151. The monoisotopic (exact) mass is 200 g/mol. The van der Waals surface area contributed by atoms with Crippen molar-refractivity contribution in [2.24, 2.45) is 0 Å². The van der Waals surface area contributed by atoms with Gasteiger partial charge in [-0.15, -0.1) is 0 Å². The molecule has 0 aliphatic carbocycles. The van der Waals surface area contributed by atoms with Gasteiger partial charge in [0.1, 0.15) is 0 Å². The van der Waals surface area contributed by atoms with E-state index >= 15 is 0 Å². The van der Waals surface area contributed by atoms with E-state index in [9.17, 15) is 9.59 Å². The summed E-state index contributed by atoms with van der Waals surface area (Å²) in [5.74, 6) is -0.999. The highest BCUT2D eigenvalue weighted by Crippen LogP contribution is 2.02. The molecule has 0 N–H and O–H groups in total. The van der Waals surface area contributed by atoms with E-state index in [1.165, 1.54) is 6.08 Å². The topological polar surface area (TPSA) is 52.6 Å². The van der Waals surface area contributed by atoms with E-state index < -0.39 is 11.8 Å². The molecular weight excluding hydrogens is 184 g/mol. The Morgan fingerprint density at radius 3 is 2.07 bits per heavy atom. The number of carbonyl (C=O) groups is 2. The Labute approximate surface area is 83.9 Å². The number of ether oxygens (including phenoxy) is 2. The molecule has 80 valence electrons. The van der Waals surface area contributed by atoms with Gasteiger partial charge in [0, 0.05) is 12.5 Å². The average Bonchev–Trinajstić information content (AvgIpc) is 2.17. The van der Waals surface area contributed by atoms with Crippen LogP contribution in [0.15, 0.2) is 11.8 Å². The molecule has 4 nitrogen and oxygen atoms in total. The molecule has 0 saturated heterocycles. The van der Waals surface area contributed by atoms with Crippen molar-refractivity contribution < 1.29 is 19.1 Å². The van der Waals surface area contributed by atoms with Gasteiger partial charge in [-0.3, -0.25) is 4.79 Å². The Kier molecular flexibility index (Phi) is 6.45. The van der Waals surface area contributed by atoms with Crippen LogP contribution < -0.4 is 0 Å². The van der Waals surface area contributed by atoms with Crippen LogP contribution in [0.1, 0.15) is 27.2 Å². The van der Waals surface area contributed by atoms with Crippen molar-refractivity contribution in [1.29, 1.82) is 0 Å². The molecule has 0 atom stereocenters. The highest BCUT2D eigenvalue weighted by molar-refractivity contribution is 6.38. The fourth-order valence-corrected chi connectivity index (χ4v) is 0.839. The number of hydrogen-bond donors (Lipinski definition) is 0. The number of ketones is 1. The molecule has 0 aromatic carbocycles. The molecule has 0 saturated carbocycles. The van der Waals surface area contributed by atoms with Crippen LogP contribution in [0.5, 0.6) is 0 Å². The van der Waals surface area contributed by atoms with E-state index in [2.05, 4.69) is 4.74 Å². The lowest BCUT2D eigenvalue weighted by atomic mass is 10.3. The zero-order valence-corrected chi connectivity index (χ0v) is 8.83. The fourth-order valence-electron chi connectivity index (χ4n) is 0.839. The summed E-state index contributed by atoms with van der Waals surface area (Å²) >= 11 is 0. The van der Waals surface area contributed by atoms with Crippen LogP contribution in [0.3, 0.4) is 0 Å². The van der Waals surface area contributed by atoms with E-state index in [-0.39, 0.29) is 6.61 Å². The Balaban J connectivity index is 4.30. The largest absolute Gasteiger partial charge is 0.498 e. The molecule has 0 unspecified atom stereocenters. The normalized spacial score (nSPS) is 10.9. The van der Waals surface area contributed by atoms with Gasteiger partial charge < -0.3 is 9.47 Å². The van der Waals surface area contributed by atoms with Gasteiger partial charge in [-0.05, 0) is 13.8 Å². The molecule has 0 bridgehead atoms. The summed E-state index contributed by atoms with van der Waals surface area (Å²) in [6.07, 6.45) is 1.76. The van der Waals surface area contributed by atoms with Crippen LogP contribution in [0.25, 0.3) is 0 Å². The average molecular weight is 200 g/mol. The first kappa shape index (κ1) is 12.7. The molecule has 4 heteroatoms. The molecule has 0 fully saturated rings. The zero-order chi connectivity index (χ0) is 11.0. The SMILES string of the molecule is CCOC(=O)C(=O)C=C(CC)OCC. The van der Waals surface area contributed by atoms with Crippen molar-refractivity contribution in [1.82, 2.24) is 0 Å². The first-order chi connectivity index (χ1) is 6.65. The number of rotatable bonds is 6. The molecule has 0 aliphatic rings. The summed E-state index contributed by atoms with van der Waals surface area (Å²) < 4.78 is 9.66. The summed E-state index contributed by atoms with van der Waals surface area (Å²) in [6.45, 7) is 6.00. The van der Waals surface area contributed by atoms with Crippen molar-refractivity contribution in [3.8, 4) is 0 Å². The van der Waals surface area contributed by atoms with E-state index in [1.54, 1.807) is 6.92 Å². The van der Waals surface area contributed by atoms with Gasteiger partial charge >= 0.3 is 5.97 Å². The highest BCUT2D eigenvalue weighted by Gasteiger charge is 2.12. The van der Waals surface area contributed by atoms with Gasteiger partial charge in [0.05, 0.1) is 19.0 Å². The molecule has 0 amide bonds. The van der Waals surface area contributed by atoms with Gasteiger partial charge in [-0.1, -0.05) is 6.92 Å². The minimum atomic E-state index is -0.835. The van der Waals surface area contributed by atoms with Gasteiger partial charge in [0.2, 0.25) is 0 Å². The third kappa shape index (κ3) is 4.64. The molecule has 0 heterocycles. The Bertz CT molecular complexity index is 230. The fraction of sp³-hybridized carbons (Fsp3) is 0.600. The summed E-state index contributed by atoms with van der Waals surface area (Å²) in [7, 11) is 0. The highest BCUT2D eigenvalue weighted by atomic mass is 16.5. The Morgan fingerprint density at radius 1 is 1.07 bits per heavy atom. The van der Waals surface area contributed by atoms with Crippen LogP contribution >= 0.6 is 0 Å². The third-order valence-corrected chi connectivity index (χ3v) is 1.45. The van der Waals surface area contributed by atoms with E-state index in [4.69, 9.17) is 4.74 Å². The van der Waals surface area contributed by atoms with E-state index in [1.807, 2.05) is 13.8 Å². The molecule has 14 heavy (non-hydrogen) atoms. The lowest BCUT2D eigenvalue weighted by Crippen LogP contribution is -2.15. The van der Waals surface area contributed by atoms with Gasteiger partial charge in [0.15, 0.2) is 0 Å². The second-order valence-electron chi connectivity index (χ2n) is 2.48. The Hall–Kier alpha value is -1.32. The number of carbonyl (C=O) groups excluding carboxylic acids is 2. The van der Waals surface area contributed by atoms with Crippen molar-refractivity contribution in [2.45, 2.75) is 27.2 Å². The summed E-state index contributed by atoms with van der Waals surface area (Å²) in [5, 5.41) is 0. The maximum absolute atomic E-state index is 11.1. The van der Waals surface area contributed by atoms with Gasteiger partial charge in [-0.25, -0.2) is 4.79 Å². The second-order valence-corrected chi connectivity index (χ2v) is 2.48. The second kappa shape index (κ2) is 7.12. The first-order valence-electron chi connectivity index (χ1n) is 4.70. The summed E-state index contributed by atoms with van der Waals surface area (Å²) in [6, 6.07) is 0. The zero-order valence-electron chi connectivity index (χ0n) is 8.83. The predicted octanol–water partition coefficient (Wildman–Crippen LogP) is 1.45.